The van der Waals surface area contributed by atoms with Crippen LogP contribution in [0.25, 0.3) is 0 Å². The molecule has 0 saturated heterocycles. The molecule has 32 heavy (non-hydrogen) atoms. The average molecular weight is 446 g/mol. The molecule has 1 unspecified atom stereocenters. The Kier molecular flexibility index (Phi) is 6.81. The Labute approximate surface area is 193 Å². The molecule has 1 aliphatic heterocycles. The van der Waals surface area contributed by atoms with E-state index < -0.39 is 0 Å². The summed E-state index contributed by atoms with van der Waals surface area (Å²) in [4.78, 5) is 25.1. The highest BCUT2D eigenvalue weighted by molar-refractivity contribution is 7.98. The number of hydrogen-bond donors (Lipinski definition) is 3. The van der Waals surface area contributed by atoms with Crippen LogP contribution in [0.5, 0.6) is 0 Å². The first kappa shape index (κ1) is 22.0. The third kappa shape index (κ3) is 5.51. The minimum absolute atomic E-state index is 0.0777. The van der Waals surface area contributed by atoms with Crippen LogP contribution in [0, 0.1) is 13.8 Å². The first-order valence-corrected chi connectivity index (χ1v) is 11.8. The number of fused-ring (bicyclic) bond motifs is 1. The second-order valence-corrected chi connectivity index (χ2v) is 9.15. The van der Waals surface area contributed by atoms with Crippen molar-refractivity contribution in [3.05, 3.63) is 94.5 Å². The molecule has 0 saturated carbocycles. The molecule has 6 heteroatoms. The van der Waals surface area contributed by atoms with E-state index in [1.54, 1.807) is 23.9 Å². The quantitative estimate of drug-likeness (QED) is 0.484. The molecule has 3 N–H and O–H groups in total. The summed E-state index contributed by atoms with van der Waals surface area (Å²) in [5.41, 5.74) is 6.71. The largest absolute Gasteiger partial charge is 0.371 e. The van der Waals surface area contributed by atoms with Gasteiger partial charge in [-0.15, -0.1) is 0 Å². The summed E-state index contributed by atoms with van der Waals surface area (Å²) in [6.07, 6.45) is 0. The van der Waals surface area contributed by atoms with Gasteiger partial charge in [0, 0.05) is 23.6 Å². The summed E-state index contributed by atoms with van der Waals surface area (Å²) < 4.78 is 0. The highest BCUT2D eigenvalue weighted by atomic mass is 32.2. The zero-order chi connectivity index (χ0) is 22.5. The van der Waals surface area contributed by atoms with E-state index in [0.717, 1.165) is 17.0 Å². The molecule has 0 bridgehead atoms. The van der Waals surface area contributed by atoms with Gasteiger partial charge in [-0.1, -0.05) is 59.7 Å². The van der Waals surface area contributed by atoms with Crippen LogP contribution >= 0.6 is 11.8 Å². The van der Waals surface area contributed by atoms with Crippen molar-refractivity contribution in [2.75, 3.05) is 16.4 Å². The summed E-state index contributed by atoms with van der Waals surface area (Å²) in [5, 5.41) is 9.19. The number of benzene rings is 3. The van der Waals surface area contributed by atoms with E-state index in [2.05, 4.69) is 47.1 Å². The predicted octanol–water partition coefficient (Wildman–Crippen LogP) is 4.90. The molecule has 3 aromatic carbocycles. The summed E-state index contributed by atoms with van der Waals surface area (Å²) in [7, 11) is 0. The fourth-order valence-corrected chi connectivity index (χ4v) is 4.49. The molecule has 5 nitrogen and oxygen atoms in total. The van der Waals surface area contributed by atoms with Crippen LogP contribution in [0.2, 0.25) is 0 Å². The van der Waals surface area contributed by atoms with E-state index in [-0.39, 0.29) is 17.9 Å². The van der Waals surface area contributed by atoms with Gasteiger partial charge in [-0.2, -0.15) is 11.8 Å². The number of carbonyl (C=O) groups excluding carboxylic acids is 2. The minimum atomic E-state index is -0.306. The third-order valence-electron chi connectivity index (χ3n) is 5.43. The predicted molar refractivity (Wildman–Crippen MR) is 132 cm³/mol. The van der Waals surface area contributed by atoms with Crippen LogP contribution in [-0.2, 0) is 17.1 Å². The van der Waals surface area contributed by atoms with Gasteiger partial charge in [-0.3, -0.25) is 9.59 Å². The molecule has 0 aromatic heterocycles. The molecular formula is C26H27N3O2S. The number of thioether (sulfide) groups is 1. The number of anilines is 2. The van der Waals surface area contributed by atoms with Crippen molar-refractivity contribution in [2.45, 2.75) is 32.2 Å². The second kappa shape index (κ2) is 9.92. The molecule has 1 heterocycles. The number of aryl methyl sites for hydroxylation is 2. The van der Waals surface area contributed by atoms with Crippen LogP contribution in [0.15, 0.2) is 66.7 Å². The van der Waals surface area contributed by atoms with Crippen molar-refractivity contribution in [1.82, 2.24) is 5.32 Å². The van der Waals surface area contributed by atoms with Crippen LogP contribution in [-0.4, -0.2) is 23.6 Å². The number of rotatable bonds is 7. The van der Waals surface area contributed by atoms with E-state index in [1.165, 1.54) is 16.7 Å². The molecule has 2 amide bonds. The topological polar surface area (TPSA) is 70.2 Å². The van der Waals surface area contributed by atoms with Gasteiger partial charge in [0.1, 0.15) is 6.04 Å². The van der Waals surface area contributed by atoms with Crippen molar-refractivity contribution in [3.63, 3.8) is 0 Å². The van der Waals surface area contributed by atoms with Gasteiger partial charge in [0.05, 0.1) is 11.4 Å². The Morgan fingerprint density at radius 1 is 0.906 bits per heavy atom. The lowest BCUT2D eigenvalue weighted by Crippen LogP contribution is -2.40. The monoisotopic (exact) mass is 445 g/mol. The molecule has 1 atom stereocenters. The zero-order valence-electron chi connectivity index (χ0n) is 18.3. The Bertz CT molecular complexity index is 1110. The minimum Gasteiger partial charge on any atom is -0.371 e. The first-order valence-electron chi connectivity index (χ1n) is 10.7. The van der Waals surface area contributed by atoms with Crippen molar-refractivity contribution >= 4 is 35.0 Å². The van der Waals surface area contributed by atoms with Crippen molar-refractivity contribution in [1.29, 1.82) is 0 Å². The van der Waals surface area contributed by atoms with Crippen LogP contribution in [0.3, 0.4) is 0 Å². The van der Waals surface area contributed by atoms with Gasteiger partial charge in [-0.05, 0) is 43.2 Å². The molecule has 0 aliphatic carbocycles. The van der Waals surface area contributed by atoms with E-state index in [0.29, 0.717) is 23.5 Å². The summed E-state index contributed by atoms with van der Waals surface area (Å²) in [5.74, 6) is 1.28. The maximum absolute atomic E-state index is 12.6. The number of hydrogen-bond acceptors (Lipinski definition) is 4. The van der Waals surface area contributed by atoms with Gasteiger partial charge in [0.25, 0.3) is 5.91 Å². The fraction of sp³-hybridized carbons (Fsp3) is 0.231. The smallest absolute Gasteiger partial charge is 0.251 e. The highest BCUT2D eigenvalue weighted by Gasteiger charge is 2.26. The summed E-state index contributed by atoms with van der Waals surface area (Å²) in [6.45, 7) is 4.57. The van der Waals surface area contributed by atoms with Gasteiger partial charge in [-0.25, -0.2) is 0 Å². The number of carbonyl (C=O) groups is 2. The molecule has 0 spiro atoms. The Balaban J connectivity index is 1.32. The molecule has 1 aliphatic rings. The Morgan fingerprint density at radius 2 is 1.56 bits per heavy atom. The molecular weight excluding hydrogens is 418 g/mol. The molecule has 0 radical (unpaired) electrons. The lowest BCUT2D eigenvalue weighted by atomic mass is 10.1. The SMILES string of the molecule is Cc1ccc(CNC(=O)c2ccc3c(c2)NC(=O)C(CSCc2ccc(C)cc2)N3)cc1. The maximum Gasteiger partial charge on any atom is 0.251 e. The lowest BCUT2D eigenvalue weighted by Gasteiger charge is -2.27. The van der Waals surface area contributed by atoms with E-state index >= 15 is 0 Å². The average Bonchev–Trinajstić information content (AvgIpc) is 2.80. The zero-order valence-corrected chi connectivity index (χ0v) is 19.1. The van der Waals surface area contributed by atoms with Crippen molar-refractivity contribution < 1.29 is 9.59 Å². The van der Waals surface area contributed by atoms with Gasteiger partial charge < -0.3 is 16.0 Å². The second-order valence-electron chi connectivity index (χ2n) is 8.12. The highest BCUT2D eigenvalue weighted by Crippen LogP contribution is 2.29. The summed E-state index contributed by atoms with van der Waals surface area (Å²) >= 11 is 1.72. The lowest BCUT2D eigenvalue weighted by molar-refractivity contribution is -0.116. The van der Waals surface area contributed by atoms with Crippen LogP contribution < -0.4 is 16.0 Å². The molecule has 0 fully saturated rings. The van der Waals surface area contributed by atoms with Gasteiger partial charge in [0.2, 0.25) is 5.91 Å². The molecule has 4 rings (SSSR count). The molecule has 3 aromatic rings. The van der Waals surface area contributed by atoms with Crippen molar-refractivity contribution in [2.24, 2.45) is 0 Å². The standard InChI is InChI=1S/C26H27N3O2S/c1-17-3-7-19(8-4-17)14-27-25(30)21-11-12-22-23(13-21)29-26(31)24(28-22)16-32-15-20-9-5-18(2)6-10-20/h3-13,24,28H,14-16H2,1-2H3,(H,27,30)(H,29,31). The normalized spacial score (nSPS) is 14.8. The third-order valence-corrected chi connectivity index (χ3v) is 6.54. The van der Waals surface area contributed by atoms with Crippen molar-refractivity contribution in [3.8, 4) is 0 Å². The Hall–Kier alpha value is -3.25. The maximum atomic E-state index is 12.6. The molecule has 164 valence electrons. The fourth-order valence-electron chi connectivity index (χ4n) is 3.47. The van der Waals surface area contributed by atoms with E-state index in [4.69, 9.17) is 0 Å². The first-order chi connectivity index (χ1) is 15.5. The number of amides is 2. The summed E-state index contributed by atoms with van der Waals surface area (Å²) in [6, 6.07) is 21.6. The van der Waals surface area contributed by atoms with Gasteiger partial charge in [0.15, 0.2) is 0 Å². The Morgan fingerprint density at radius 3 is 2.25 bits per heavy atom. The van der Waals surface area contributed by atoms with Crippen LogP contribution in [0.1, 0.15) is 32.6 Å². The van der Waals surface area contributed by atoms with Crippen LogP contribution in [0.4, 0.5) is 11.4 Å². The number of nitrogens with one attached hydrogen (secondary N) is 3. The van der Waals surface area contributed by atoms with E-state index in [1.807, 2.05) is 37.3 Å². The van der Waals surface area contributed by atoms with Gasteiger partial charge >= 0.3 is 0 Å². The van der Waals surface area contributed by atoms with E-state index in [9.17, 15) is 9.59 Å².